The molecule has 4 amide bonds. The fourth-order valence-electron chi connectivity index (χ4n) is 3.64. The van der Waals surface area contributed by atoms with Crippen molar-refractivity contribution in [3.8, 4) is 0 Å². The zero-order valence-corrected chi connectivity index (χ0v) is 14.6. The highest BCUT2D eigenvalue weighted by atomic mass is 16.5. The van der Waals surface area contributed by atoms with E-state index in [0.29, 0.717) is 25.4 Å². The summed E-state index contributed by atoms with van der Waals surface area (Å²) in [7, 11) is 0. The van der Waals surface area contributed by atoms with Crippen LogP contribution in [0.5, 0.6) is 0 Å². The summed E-state index contributed by atoms with van der Waals surface area (Å²) in [4.78, 5) is 50.2. The van der Waals surface area contributed by atoms with Crippen molar-refractivity contribution in [1.82, 2.24) is 15.5 Å². The molecule has 3 heterocycles. The van der Waals surface area contributed by atoms with Crippen LogP contribution in [0.3, 0.4) is 0 Å². The smallest absolute Gasteiger partial charge is 0.264 e. The molecule has 27 heavy (non-hydrogen) atoms. The summed E-state index contributed by atoms with van der Waals surface area (Å²) in [6.07, 6.45) is 0.203. The third-order valence-corrected chi connectivity index (χ3v) is 4.99. The topological polar surface area (TPSA) is 117 Å². The Bertz CT molecular complexity index is 818. The second-order valence-electron chi connectivity index (χ2n) is 6.75. The van der Waals surface area contributed by atoms with E-state index in [9.17, 15) is 19.2 Å². The number of carbonyl (C=O) groups excluding carboxylic acids is 4. The van der Waals surface area contributed by atoms with Crippen molar-refractivity contribution in [2.24, 2.45) is 0 Å². The van der Waals surface area contributed by atoms with E-state index in [0.717, 1.165) is 11.4 Å². The number of anilines is 1. The number of hydrogen-bond donors (Lipinski definition) is 3. The first kappa shape index (κ1) is 17.6. The van der Waals surface area contributed by atoms with Crippen LogP contribution in [0, 0.1) is 0 Å². The normalized spacial score (nSPS) is 25.4. The first-order valence-corrected chi connectivity index (χ1v) is 8.97. The number of benzene rings is 1. The van der Waals surface area contributed by atoms with Crippen molar-refractivity contribution in [3.63, 3.8) is 0 Å². The number of ether oxygens (including phenoxy) is 1. The molecule has 3 aliphatic heterocycles. The molecule has 2 saturated heterocycles. The molecule has 0 bridgehead atoms. The number of morpholine rings is 1. The van der Waals surface area contributed by atoms with Gasteiger partial charge in [0.1, 0.15) is 6.04 Å². The maximum Gasteiger partial charge on any atom is 0.264 e. The number of nitrogens with zero attached hydrogens (tertiary/aromatic N) is 1. The van der Waals surface area contributed by atoms with Crippen LogP contribution in [-0.4, -0.2) is 66.9 Å². The predicted molar refractivity (Wildman–Crippen MR) is 94.2 cm³/mol. The van der Waals surface area contributed by atoms with Gasteiger partial charge in [0.05, 0.1) is 23.8 Å². The highest BCUT2D eigenvalue weighted by Gasteiger charge is 2.45. The van der Waals surface area contributed by atoms with Gasteiger partial charge < -0.3 is 15.4 Å². The van der Waals surface area contributed by atoms with Gasteiger partial charge in [0.25, 0.3) is 11.8 Å². The summed E-state index contributed by atoms with van der Waals surface area (Å²) in [5.41, 5.74) is 1.06. The first-order valence-electron chi connectivity index (χ1n) is 8.97. The fourth-order valence-corrected chi connectivity index (χ4v) is 3.64. The molecule has 0 aromatic heterocycles. The summed E-state index contributed by atoms with van der Waals surface area (Å²) in [6.45, 7) is 2.63. The molecule has 9 nitrogen and oxygen atoms in total. The zero-order chi connectivity index (χ0) is 19.0. The van der Waals surface area contributed by atoms with Crippen LogP contribution in [0.4, 0.5) is 5.69 Å². The summed E-state index contributed by atoms with van der Waals surface area (Å²) in [5, 5.41) is 8.61. The Morgan fingerprint density at radius 1 is 1.19 bits per heavy atom. The van der Waals surface area contributed by atoms with Crippen LogP contribution in [0.15, 0.2) is 18.2 Å². The van der Waals surface area contributed by atoms with Crippen molar-refractivity contribution in [3.05, 3.63) is 29.3 Å². The Hall–Kier alpha value is -2.78. The van der Waals surface area contributed by atoms with Gasteiger partial charge in [-0.15, -0.1) is 0 Å². The Labute approximate surface area is 155 Å². The van der Waals surface area contributed by atoms with Crippen molar-refractivity contribution < 1.29 is 23.9 Å². The van der Waals surface area contributed by atoms with E-state index in [1.165, 1.54) is 0 Å². The minimum absolute atomic E-state index is 0.0342. The summed E-state index contributed by atoms with van der Waals surface area (Å²) in [5.74, 6) is -2.03. The quantitative estimate of drug-likeness (QED) is 0.610. The van der Waals surface area contributed by atoms with Crippen LogP contribution in [-0.2, 0) is 14.3 Å². The molecule has 1 aromatic carbocycles. The number of fused-ring (bicyclic) bond motifs is 1. The minimum Gasteiger partial charge on any atom is -0.382 e. The molecular formula is C18H20N4O5. The number of imide groups is 2. The van der Waals surface area contributed by atoms with Gasteiger partial charge in [-0.25, -0.2) is 0 Å². The highest BCUT2D eigenvalue weighted by molar-refractivity contribution is 6.25. The summed E-state index contributed by atoms with van der Waals surface area (Å²) >= 11 is 0. The van der Waals surface area contributed by atoms with Gasteiger partial charge in [0, 0.05) is 31.7 Å². The third kappa shape index (κ3) is 3.19. The Kier molecular flexibility index (Phi) is 4.63. The van der Waals surface area contributed by atoms with Gasteiger partial charge in [-0.1, -0.05) is 6.07 Å². The molecule has 9 heteroatoms. The Morgan fingerprint density at radius 3 is 2.78 bits per heavy atom. The molecule has 1 unspecified atom stereocenters. The molecule has 142 valence electrons. The van der Waals surface area contributed by atoms with Crippen LogP contribution >= 0.6 is 0 Å². The molecule has 3 N–H and O–H groups in total. The van der Waals surface area contributed by atoms with E-state index in [-0.39, 0.29) is 30.1 Å². The first-order chi connectivity index (χ1) is 13.1. The molecule has 2 atom stereocenters. The largest absolute Gasteiger partial charge is 0.382 e. The van der Waals surface area contributed by atoms with E-state index < -0.39 is 29.7 Å². The molecule has 0 spiro atoms. The molecule has 0 aliphatic carbocycles. The number of carbonyl (C=O) groups is 4. The molecule has 0 saturated carbocycles. The van der Waals surface area contributed by atoms with Crippen LogP contribution in [0.1, 0.15) is 33.6 Å². The molecule has 1 aromatic rings. The molecule has 0 radical (unpaired) electrons. The van der Waals surface area contributed by atoms with E-state index in [2.05, 4.69) is 16.0 Å². The lowest BCUT2D eigenvalue weighted by molar-refractivity contribution is -0.136. The number of amides is 4. The molecule has 4 rings (SSSR count). The molecule has 3 aliphatic rings. The van der Waals surface area contributed by atoms with Gasteiger partial charge in [0.15, 0.2) is 0 Å². The average molecular weight is 372 g/mol. The summed E-state index contributed by atoms with van der Waals surface area (Å²) in [6, 6.07) is 4.04. The Balaban J connectivity index is 1.55. The van der Waals surface area contributed by atoms with Gasteiger partial charge in [-0.3, -0.25) is 29.4 Å². The van der Waals surface area contributed by atoms with Crippen molar-refractivity contribution in [2.75, 3.05) is 31.6 Å². The molecular weight excluding hydrogens is 352 g/mol. The van der Waals surface area contributed by atoms with E-state index in [1.807, 2.05) is 0 Å². The fraction of sp³-hybridized carbons (Fsp3) is 0.444. The Morgan fingerprint density at radius 2 is 2.04 bits per heavy atom. The third-order valence-electron chi connectivity index (χ3n) is 4.99. The monoisotopic (exact) mass is 372 g/mol. The number of hydrogen-bond acceptors (Lipinski definition) is 7. The van der Waals surface area contributed by atoms with E-state index >= 15 is 0 Å². The van der Waals surface area contributed by atoms with Gasteiger partial charge >= 0.3 is 0 Å². The second kappa shape index (κ2) is 7.09. The lowest BCUT2D eigenvalue weighted by Gasteiger charge is -2.28. The lowest BCUT2D eigenvalue weighted by atomic mass is 10.0. The van der Waals surface area contributed by atoms with Gasteiger partial charge in [-0.05, 0) is 18.6 Å². The number of rotatable bonds is 4. The SMILES string of the molecule is O=C1CCC(N2C(=O)c3cccc(NC[C@@H]4CNCCO4)c3C2=O)C(=O)N1. The standard InChI is InChI=1S/C18H20N4O5/c23-14-5-4-13(16(24)21-14)22-17(25)11-2-1-3-12(15(11)18(22)26)20-9-10-8-19-6-7-27-10/h1-3,10,13,19-20H,4-9H2,(H,21,23,24)/t10-,13?/m0/s1. The number of piperidine rings is 1. The lowest BCUT2D eigenvalue weighted by Crippen LogP contribution is -2.54. The highest BCUT2D eigenvalue weighted by Crippen LogP contribution is 2.32. The maximum atomic E-state index is 13.0. The average Bonchev–Trinajstić information content (AvgIpc) is 2.93. The van der Waals surface area contributed by atoms with Crippen molar-refractivity contribution in [2.45, 2.75) is 25.0 Å². The van der Waals surface area contributed by atoms with Gasteiger partial charge in [-0.2, -0.15) is 0 Å². The van der Waals surface area contributed by atoms with E-state index in [1.54, 1.807) is 18.2 Å². The maximum absolute atomic E-state index is 13.0. The molecule has 2 fully saturated rings. The van der Waals surface area contributed by atoms with Crippen molar-refractivity contribution in [1.29, 1.82) is 0 Å². The number of nitrogens with one attached hydrogen (secondary N) is 3. The van der Waals surface area contributed by atoms with Crippen molar-refractivity contribution >= 4 is 29.3 Å². The van der Waals surface area contributed by atoms with Crippen LogP contribution in [0.25, 0.3) is 0 Å². The van der Waals surface area contributed by atoms with Crippen LogP contribution in [0.2, 0.25) is 0 Å². The van der Waals surface area contributed by atoms with E-state index in [4.69, 9.17) is 4.74 Å². The second-order valence-corrected chi connectivity index (χ2v) is 6.75. The van der Waals surface area contributed by atoms with Crippen LogP contribution < -0.4 is 16.0 Å². The summed E-state index contributed by atoms with van der Waals surface area (Å²) < 4.78 is 5.64. The zero-order valence-electron chi connectivity index (χ0n) is 14.6. The van der Waals surface area contributed by atoms with Gasteiger partial charge in [0.2, 0.25) is 11.8 Å². The predicted octanol–water partition coefficient (Wildman–Crippen LogP) is -0.512. The minimum atomic E-state index is -0.964.